The Kier molecular flexibility index (Phi) is 4.20. The second kappa shape index (κ2) is 6.28. The Morgan fingerprint density at radius 1 is 1.14 bits per heavy atom. The molecule has 2 aromatic carbocycles. The normalized spacial score (nSPS) is 10.8. The first-order chi connectivity index (χ1) is 10.7. The molecular formula is C18H18N2OS. The molecule has 0 saturated heterocycles. The Balaban J connectivity index is 1.76. The molecule has 1 aromatic heterocycles. The zero-order valence-electron chi connectivity index (χ0n) is 12.6. The van der Waals surface area contributed by atoms with Crippen LogP contribution in [0, 0.1) is 6.92 Å². The Hall–Kier alpha value is -2.20. The van der Waals surface area contributed by atoms with Gasteiger partial charge in [-0.2, -0.15) is 0 Å². The lowest BCUT2D eigenvalue weighted by Crippen LogP contribution is -2.14. The molecule has 0 saturated carbocycles. The molecule has 1 amide bonds. The smallest absolute Gasteiger partial charge is 0.228 e. The third-order valence-electron chi connectivity index (χ3n) is 3.74. The number of hydrogen-bond acceptors (Lipinski definition) is 2. The molecule has 22 heavy (non-hydrogen) atoms. The van der Waals surface area contributed by atoms with Gasteiger partial charge in [0.25, 0.3) is 0 Å². The van der Waals surface area contributed by atoms with E-state index in [-0.39, 0.29) is 5.91 Å². The van der Waals surface area contributed by atoms with Crippen LogP contribution in [0.15, 0.2) is 53.4 Å². The number of anilines is 1. The largest absolute Gasteiger partial charge is 0.358 e. The molecule has 3 nitrogen and oxygen atoms in total. The van der Waals surface area contributed by atoms with Gasteiger partial charge in [-0.05, 0) is 49.1 Å². The first-order valence-electron chi connectivity index (χ1n) is 7.17. The van der Waals surface area contributed by atoms with Crippen molar-refractivity contribution in [3.63, 3.8) is 0 Å². The molecule has 0 radical (unpaired) electrons. The van der Waals surface area contributed by atoms with Crippen LogP contribution in [0.5, 0.6) is 0 Å². The lowest BCUT2D eigenvalue weighted by Gasteiger charge is -2.06. The number of benzene rings is 2. The van der Waals surface area contributed by atoms with Crippen molar-refractivity contribution in [2.24, 2.45) is 0 Å². The van der Waals surface area contributed by atoms with Gasteiger partial charge in [-0.1, -0.05) is 18.2 Å². The van der Waals surface area contributed by atoms with Crippen LogP contribution in [0.4, 0.5) is 5.69 Å². The Labute approximate surface area is 134 Å². The van der Waals surface area contributed by atoms with Crippen LogP contribution in [-0.4, -0.2) is 17.1 Å². The molecule has 0 fully saturated rings. The second-order valence-electron chi connectivity index (χ2n) is 5.23. The number of carbonyl (C=O) groups is 1. The summed E-state index contributed by atoms with van der Waals surface area (Å²) in [6.45, 7) is 2.01. The molecule has 0 atom stereocenters. The summed E-state index contributed by atoms with van der Waals surface area (Å²) < 4.78 is 0. The number of carbonyl (C=O) groups excluding carboxylic acids is 1. The number of fused-ring (bicyclic) bond motifs is 1. The van der Waals surface area contributed by atoms with Crippen molar-refractivity contribution in [3.05, 3.63) is 59.8 Å². The van der Waals surface area contributed by atoms with Crippen LogP contribution < -0.4 is 5.32 Å². The number of H-pyrrole nitrogens is 1. The van der Waals surface area contributed by atoms with E-state index in [0.29, 0.717) is 6.42 Å². The van der Waals surface area contributed by atoms with Gasteiger partial charge in [-0.3, -0.25) is 4.79 Å². The van der Waals surface area contributed by atoms with Gasteiger partial charge < -0.3 is 10.3 Å². The summed E-state index contributed by atoms with van der Waals surface area (Å²) in [7, 11) is 0. The molecule has 0 spiro atoms. The number of aromatic amines is 1. The zero-order valence-corrected chi connectivity index (χ0v) is 13.5. The molecule has 0 aliphatic rings. The average molecular weight is 310 g/mol. The third-order valence-corrected chi connectivity index (χ3v) is 4.48. The third kappa shape index (κ3) is 3.02. The van der Waals surface area contributed by atoms with Crippen molar-refractivity contribution in [2.75, 3.05) is 11.6 Å². The van der Waals surface area contributed by atoms with E-state index in [1.165, 1.54) is 4.90 Å². The molecule has 112 valence electrons. The van der Waals surface area contributed by atoms with E-state index in [1.807, 2.05) is 55.6 Å². The van der Waals surface area contributed by atoms with Crippen molar-refractivity contribution >= 4 is 34.3 Å². The second-order valence-corrected chi connectivity index (χ2v) is 6.11. The van der Waals surface area contributed by atoms with Crippen molar-refractivity contribution in [3.8, 4) is 0 Å². The van der Waals surface area contributed by atoms with Gasteiger partial charge in [0.2, 0.25) is 5.91 Å². The van der Waals surface area contributed by atoms with Crippen molar-refractivity contribution < 1.29 is 4.79 Å². The van der Waals surface area contributed by atoms with Gasteiger partial charge in [-0.15, -0.1) is 11.8 Å². The molecule has 0 aliphatic carbocycles. The van der Waals surface area contributed by atoms with Gasteiger partial charge in [0.1, 0.15) is 0 Å². The minimum Gasteiger partial charge on any atom is -0.358 e. The van der Waals surface area contributed by atoms with Crippen LogP contribution in [0.2, 0.25) is 0 Å². The van der Waals surface area contributed by atoms with E-state index in [1.54, 1.807) is 11.8 Å². The lowest BCUT2D eigenvalue weighted by atomic mass is 10.1. The lowest BCUT2D eigenvalue weighted by molar-refractivity contribution is -0.115. The maximum Gasteiger partial charge on any atom is 0.228 e. The van der Waals surface area contributed by atoms with Crippen molar-refractivity contribution in [1.82, 2.24) is 4.98 Å². The summed E-state index contributed by atoms with van der Waals surface area (Å²) >= 11 is 1.69. The SMILES string of the molecule is CSc1ccc(NC(=O)Cc2c(C)[nH]c3ccccc23)cc1. The van der Waals surface area contributed by atoms with Crippen LogP contribution in [0.1, 0.15) is 11.3 Å². The van der Waals surface area contributed by atoms with Crippen LogP contribution in [-0.2, 0) is 11.2 Å². The molecular weight excluding hydrogens is 292 g/mol. The number of para-hydroxylation sites is 1. The number of amides is 1. The highest BCUT2D eigenvalue weighted by atomic mass is 32.2. The van der Waals surface area contributed by atoms with E-state index in [2.05, 4.69) is 16.4 Å². The fraction of sp³-hybridized carbons (Fsp3) is 0.167. The number of thioether (sulfide) groups is 1. The Morgan fingerprint density at radius 2 is 1.86 bits per heavy atom. The van der Waals surface area contributed by atoms with Crippen LogP contribution in [0.3, 0.4) is 0 Å². The first kappa shape index (κ1) is 14.7. The summed E-state index contributed by atoms with van der Waals surface area (Å²) in [5, 5.41) is 4.08. The van der Waals surface area contributed by atoms with Gasteiger partial charge in [-0.25, -0.2) is 0 Å². The standard InChI is InChI=1S/C18H18N2OS/c1-12-16(15-5-3-4-6-17(15)19-12)11-18(21)20-13-7-9-14(22-2)10-8-13/h3-10,19H,11H2,1-2H3,(H,20,21). The van der Waals surface area contributed by atoms with E-state index in [4.69, 9.17) is 0 Å². The highest BCUT2D eigenvalue weighted by Gasteiger charge is 2.12. The number of hydrogen-bond donors (Lipinski definition) is 2. The fourth-order valence-electron chi connectivity index (χ4n) is 2.60. The quantitative estimate of drug-likeness (QED) is 0.702. The monoisotopic (exact) mass is 310 g/mol. The number of rotatable bonds is 4. The molecule has 0 aliphatic heterocycles. The van der Waals surface area contributed by atoms with E-state index in [0.717, 1.165) is 27.8 Å². The van der Waals surface area contributed by atoms with Gasteiger partial charge >= 0.3 is 0 Å². The molecule has 0 bridgehead atoms. The molecule has 4 heteroatoms. The topological polar surface area (TPSA) is 44.9 Å². The zero-order chi connectivity index (χ0) is 15.5. The van der Waals surface area contributed by atoms with Crippen LogP contribution in [0.25, 0.3) is 10.9 Å². The summed E-state index contributed by atoms with van der Waals surface area (Å²) in [5.74, 6) is 0.00440. The summed E-state index contributed by atoms with van der Waals surface area (Å²) in [6.07, 6.45) is 2.41. The summed E-state index contributed by atoms with van der Waals surface area (Å²) in [6, 6.07) is 16.0. The molecule has 3 rings (SSSR count). The predicted molar refractivity (Wildman–Crippen MR) is 93.6 cm³/mol. The summed E-state index contributed by atoms with van der Waals surface area (Å²) in [4.78, 5) is 16.8. The summed E-state index contributed by atoms with van der Waals surface area (Å²) in [5.41, 5.74) is 4.02. The van der Waals surface area contributed by atoms with Gasteiger partial charge in [0, 0.05) is 27.2 Å². The average Bonchev–Trinajstić information content (AvgIpc) is 2.84. The fourth-order valence-corrected chi connectivity index (χ4v) is 3.01. The highest BCUT2D eigenvalue weighted by Crippen LogP contribution is 2.23. The Bertz CT molecular complexity index is 806. The number of aryl methyl sites for hydroxylation is 1. The van der Waals surface area contributed by atoms with E-state index in [9.17, 15) is 4.79 Å². The minimum atomic E-state index is 0.00440. The molecule has 1 heterocycles. The molecule has 2 N–H and O–H groups in total. The van der Waals surface area contributed by atoms with E-state index < -0.39 is 0 Å². The molecule has 0 unspecified atom stereocenters. The Morgan fingerprint density at radius 3 is 2.59 bits per heavy atom. The maximum absolute atomic E-state index is 12.3. The predicted octanol–water partition coefficient (Wildman–Crippen LogP) is 4.38. The van der Waals surface area contributed by atoms with Crippen molar-refractivity contribution in [2.45, 2.75) is 18.2 Å². The maximum atomic E-state index is 12.3. The van der Waals surface area contributed by atoms with Gasteiger partial charge in [0.05, 0.1) is 6.42 Å². The highest BCUT2D eigenvalue weighted by molar-refractivity contribution is 7.98. The number of nitrogens with one attached hydrogen (secondary N) is 2. The van der Waals surface area contributed by atoms with Crippen molar-refractivity contribution in [1.29, 1.82) is 0 Å². The first-order valence-corrected chi connectivity index (χ1v) is 8.40. The molecule has 3 aromatic rings. The minimum absolute atomic E-state index is 0.00440. The number of aromatic nitrogens is 1. The van der Waals surface area contributed by atoms with Crippen LogP contribution >= 0.6 is 11.8 Å². The van der Waals surface area contributed by atoms with E-state index >= 15 is 0 Å². The van der Waals surface area contributed by atoms with Gasteiger partial charge in [0.15, 0.2) is 0 Å².